The average Bonchev–Trinajstić information content (AvgIpc) is 3.16. The third-order valence-electron chi connectivity index (χ3n) is 4.26. The predicted octanol–water partition coefficient (Wildman–Crippen LogP) is -0.529. The van der Waals surface area contributed by atoms with Gasteiger partial charge in [-0.25, -0.2) is 4.79 Å². The van der Waals surface area contributed by atoms with Crippen molar-refractivity contribution in [3.63, 3.8) is 0 Å². The first-order valence-corrected chi connectivity index (χ1v) is 8.32. The molecule has 0 aromatic carbocycles. The Labute approximate surface area is 146 Å². The van der Waals surface area contributed by atoms with Crippen LogP contribution in [0.15, 0.2) is 22.8 Å². The molecule has 1 aromatic heterocycles. The molecule has 138 valence electrons. The molecular formula is C16H25N5O4. The van der Waals surface area contributed by atoms with Crippen LogP contribution in [0.4, 0.5) is 4.79 Å². The number of nitrogens with one attached hydrogen (secondary N) is 3. The molecule has 2 heterocycles. The first-order valence-electron chi connectivity index (χ1n) is 8.32. The highest BCUT2D eigenvalue weighted by atomic mass is 16.3. The second kappa shape index (κ2) is 9.19. The van der Waals surface area contributed by atoms with Gasteiger partial charge in [-0.2, -0.15) is 0 Å². The Morgan fingerprint density at radius 3 is 2.56 bits per heavy atom. The van der Waals surface area contributed by atoms with E-state index < -0.39 is 6.03 Å². The third kappa shape index (κ3) is 5.57. The van der Waals surface area contributed by atoms with Crippen molar-refractivity contribution in [3.05, 3.63) is 24.2 Å². The molecule has 9 nitrogen and oxygen atoms in total. The minimum Gasteiger partial charge on any atom is -0.459 e. The molecule has 0 aliphatic carbocycles. The van der Waals surface area contributed by atoms with Crippen LogP contribution in [0.25, 0.3) is 0 Å². The van der Waals surface area contributed by atoms with Gasteiger partial charge in [-0.05, 0) is 19.1 Å². The van der Waals surface area contributed by atoms with Crippen LogP contribution in [0.2, 0.25) is 0 Å². The number of carbonyl (C=O) groups excluding carboxylic acids is 3. The summed E-state index contributed by atoms with van der Waals surface area (Å²) in [6, 6.07) is 2.44. The van der Waals surface area contributed by atoms with E-state index in [9.17, 15) is 14.4 Å². The van der Waals surface area contributed by atoms with E-state index in [0.29, 0.717) is 12.3 Å². The first-order chi connectivity index (χ1) is 12.0. The van der Waals surface area contributed by atoms with E-state index in [0.717, 1.165) is 32.7 Å². The molecule has 1 aliphatic heterocycles. The average molecular weight is 351 g/mol. The highest BCUT2D eigenvalue weighted by Gasteiger charge is 2.26. The maximum absolute atomic E-state index is 12.0. The number of rotatable bonds is 6. The summed E-state index contributed by atoms with van der Waals surface area (Å²) in [5.74, 6) is -0.220. The topological polar surface area (TPSA) is 107 Å². The molecule has 1 saturated heterocycles. The van der Waals surface area contributed by atoms with Crippen molar-refractivity contribution in [2.24, 2.45) is 0 Å². The molecule has 0 unspecified atom stereocenters. The molecule has 2 rings (SSSR count). The lowest BCUT2D eigenvalue weighted by molar-refractivity contribution is -0.125. The fraction of sp³-hybridized carbons (Fsp3) is 0.562. The summed E-state index contributed by atoms with van der Waals surface area (Å²) in [5, 5.41) is 7.48. The van der Waals surface area contributed by atoms with E-state index in [2.05, 4.69) is 20.9 Å². The van der Waals surface area contributed by atoms with Crippen LogP contribution < -0.4 is 16.0 Å². The van der Waals surface area contributed by atoms with Crippen LogP contribution >= 0.6 is 0 Å². The quantitative estimate of drug-likeness (QED) is 0.636. The van der Waals surface area contributed by atoms with Crippen molar-refractivity contribution in [1.29, 1.82) is 0 Å². The second-order valence-electron chi connectivity index (χ2n) is 5.86. The van der Waals surface area contributed by atoms with Gasteiger partial charge in [0.2, 0.25) is 5.91 Å². The molecular weight excluding hydrogens is 326 g/mol. The number of imide groups is 1. The number of hydrogen-bond donors (Lipinski definition) is 3. The van der Waals surface area contributed by atoms with Gasteiger partial charge in [0.05, 0.1) is 12.3 Å². The van der Waals surface area contributed by atoms with Gasteiger partial charge >= 0.3 is 6.03 Å². The minimum atomic E-state index is -0.497. The van der Waals surface area contributed by atoms with Crippen molar-refractivity contribution in [1.82, 2.24) is 25.8 Å². The zero-order chi connectivity index (χ0) is 18.2. The van der Waals surface area contributed by atoms with Gasteiger partial charge in [0.25, 0.3) is 5.91 Å². The van der Waals surface area contributed by atoms with Crippen LogP contribution in [0, 0.1) is 0 Å². The number of urea groups is 1. The number of nitrogens with zero attached hydrogens (tertiary/aromatic N) is 2. The summed E-state index contributed by atoms with van der Waals surface area (Å²) in [6.45, 7) is 6.12. The Kier molecular flexibility index (Phi) is 6.96. The van der Waals surface area contributed by atoms with E-state index in [1.54, 1.807) is 19.1 Å². The maximum atomic E-state index is 12.0. The smallest absolute Gasteiger partial charge is 0.321 e. The largest absolute Gasteiger partial charge is 0.459 e. The molecule has 0 saturated carbocycles. The fourth-order valence-electron chi connectivity index (χ4n) is 2.64. The predicted molar refractivity (Wildman–Crippen MR) is 91.1 cm³/mol. The third-order valence-corrected chi connectivity index (χ3v) is 4.26. The van der Waals surface area contributed by atoms with Crippen molar-refractivity contribution < 1.29 is 18.8 Å². The lowest BCUT2D eigenvalue weighted by atomic mass is 10.2. The SMILES string of the molecule is CNC(=O)NC(=O)[C@H](C)N1CCN(CCNC(=O)c2ccco2)CC1. The van der Waals surface area contributed by atoms with Crippen LogP contribution in [0.5, 0.6) is 0 Å². The molecule has 3 N–H and O–H groups in total. The van der Waals surface area contributed by atoms with Gasteiger partial charge in [-0.15, -0.1) is 0 Å². The maximum Gasteiger partial charge on any atom is 0.321 e. The highest BCUT2D eigenvalue weighted by molar-refractivity contribution is 5.96. The van der Waals surface area contributed by atoms with Gasteiger partial charge in [0.15, 0.2) is 5.76 Å². The number of amides is 4. The van der Waals surface area contributed by atoms with Crippen molar-refractivity contribution in [2.45, 2.75) is 13.0 Å². The summed E-state index contributed by atoms with van der Waals surface area (Å²) >= 11 is 0. The summed E-state index contributed by atoms with van der Waals surface area (Å²) in [5.41, 5.74) is 0. The first kappa shape index (κ1) is 18.9. The Morgan fingerprint density at radius 1 is 1.24 bits per heavy atom. The molecule has 1 aromatic rings. The second-order valence-corrected chi connectivity index (χ2v) is 5.86. The number of hydrogen-bond acceptors (Lipinski definition) is 6. The Balaban J connectivity index is 1.66. The summed E-state index contributed by atoms with van der Waals surface area (Å²) in [6.07, 6.45) is 1.47. The fourth-order valence-corrected chi connectivity index (χ4v) is 2.64. The van der Waals surface area contributed by atoms with Crippen LogP contribution in [0.3, 0.4) is 0 Å². The number of piperazine rings is 1. The van der Waals surface area contributed by atoms with E-state index in [1.807, 2.05) is 4.90 Å². The van der Waals surface area contributed by atoms with Gasteiger partial charge in [0.1, 0.15) is 0 Å². The Hall–Kier alpha value is -2.39. The number of carbonyl (C=O) groups is 3. The molecule has 0 spiro atoms. The van der Waals surface area contributed by atoms with Crippen molar-refractivity contribution >= 4 is 17.8 Å². The molecule has 0 bridgehead atoms. The molecule has 1 atom stereocenters. The van der Waals surface area contributed by atoms with Crippen LogP contribution in [-0.2, 0) is 4.79 Å². The normalized spacial score (nSPS) is 16.9. The zero-order valence-corrected chi connectivity index (χ0v) is 14.6. The lowest BCUT2D eigenvalue weighted by Crippen LogP contribution is -2.55. The number of furan rings is 1. The summed E-state index contributed by atoms with van der Waals surface area (Å²) in [7, 11) is 1.47. The van der Waals surface area contributed by atoms with E-state index >= 15 is 0 Å². The van der Waals surface area contributed by atoms with Crippen molar-refractivity contribution in [3.8, 4) is 0 Å². The van der Waals surface area contributed by atoms with E-state index in [1.165, 1.54) is 13.3 Å². The molecule has 1 aliphatic rings. The Morgan fingerprint density at radius 2 is 1.96 bits per heavy atom. The Bertz CT molecular complexity index is 581. The molecule has 9 heteroatoms. The van der Waals surface area contributed by atoms with Gasteiger partial charge in [-0.3, -0.25) is 24.7 Å². The molecule has 1 fully saturated rings. The zero-order valence-electron chi connectivity index (χ0n) is 14.6. The van der Waals surface area contributed by atoms with Gasteiger partial charge in [0, 0.05) is 46.3 Å². The lowest BCUT2D eigenvalue weighted by Gasteiger charge is -2.37. The summed E-state index contributed by atoms with van der Waals surface area (Å²) < 4.78 is 5.04. The molecule has 0 radical (unpaired) electrons. The van der Waals surface area contributed by atoms with E-state index in [4.69, 9.17) is 4.42 Å². The standard InChI is InChI=1S/C16H25N5O4/c1-12(14(22)19-16(24)17-2)21-9-7-20(8-10-21)6-5-18-15(23)13-4-3-11-25-13/h3-4,11-12H,5-10H2,1-2H3,(H,18,23)(H2,17,19,22,24)/t12-/m0/s1. The minimum absolute atomic E-state index is 0.219. The van der Waals surface area contributed by atoms with Gasteiger partial charge < -0.3 is 15.1 Å². The molecule has 25 heavy (non-hydrogen) atoms. The van der Waals surface area contributed by atoms with E-state index in [-0.39, 0.29) is 17.9 Å². The molecule has 4 amide bonds. The highest BCUT2D eigenvalue weighted by Crippen LogP contribution is 2.06. The monoisotopic (exact) mass is 351 g/mol. The van der Waals surface area contributed by atoms with Crippen molar-refractivity contribution in [2.75, 3.05) is 46.3 Å². The van der Waals surface area contributed by atoms with Crippen LogP contribution in [0.1, 0.15) is 17.5 Å². The van der Waals surface area contributed by atoms with Gasteiger partial charge in [-0.1, -0.05) is 0 Å². The van der Waals surface area contributed by atoms with Crippen LogP contribution in [-0.4, -0.2) is 80.0 Å². The summed E-state index contributed by atoms with van der Waals surface area (Å²) in [4.78, 5) is 39.2.